The van der Waals surface area contributed by atoms with Crippen LogP contribution in [-0.2, 0) is 59.2 Å². The van der Waals surface area contributed by atoms with Crippen molar-refractivity contribution in [3.8, 4) is 0 Å². The van der Waals surface area contributed by atoms with E-state index in [0.29, 0.717) is 18.5 Å². The summed E-state index contributed by atoms with van der Waals surface area (Å²) in [6.45, 7) is 5.31. The zero-order valence-electron chi connectivity index (χ0n) is 33.2. The Labute approximate surface area is 338 Å². The van der Waals surface area contributed by atoms with Crippen molar-refractivity contribution in [2.24, 2.45) is 5.92 Å². The number of ketones is 1. The highest BCUT2D eigenvalue weighted by atomic mass is 16.4. The van der Waals surface area contributed by atoms with Gasteiger partial charge in [-0.2, -0.15) is 0 Å². The summed E-state index contributed by atoms with van der Waals surface area (Å²) in [6, 6.07) is -8.15. The number of aromatic nitrogens is 2. The third-order valence-electron chi connectivity index (χ3n) is 9.14. The molecule has 0 radical (unpaired) electrons. The molecular weight excluding hydrogens is 782 g/mol. The van der Waals surface area contributed by atoms with Gasteiger partial charge in [-0.25, -0.2) is 4.98 Å². The van der Waals surface area contributed by atoms with Crippen LogP contribution in [-0.4, -0.2) is 145 Å². The predicted octanol–water partition coefficient (Wildman–Crippen LogP) is -2.66. The van der Waals surface area contributed by atoms with Gasteiger partial charge in [0, 0.05) is 44.6 Å². The first-order valence-corrected chi connectivity index (χ1v) is 19.0. The van der Waals surface area contributed by atoms with Crippen LogP contribution >= 0.6 is 0 Å². The van der Waals surface area contributed by atoms with E-state index in [-0.39, 0.29) is 32.2 Å². The van der Waals surface area contributed by atoms with Gasteiger partial charge in [0.15, 0.2) is 0 Å². The molecule has 1 aliphatic heterocycles. The van der Waals surface area contributed by atoms with Crippen molar-refractivity contribution in [1.29, 1.82) is 0 Å². The number of hydrogen-bond acceptors (Lipinski definition) is 12. The van der Waals surface area contributed by atoms with Gasteiger partial charge in [0.05, 0.1) is 12.4 Å². The van der Waals surface area contributed by atoms with Crippen LogP contribution in [0.4, 0.5) is 0 Å². The van der Waals surface area contributed by atoms with E-state index in [2.05, 4.69) is 36.6 Å². The highest BCUT2D eigenvalue weighted by molar-refractivity contribution is 6.38. The number of hydrogen-bond donors (Lipinski definition) is 10. The summed E-state index contributed by atoms with van der Waals surface area (Å²) >= 11 is 0. The van der Waals surface area contributed by atoms with Gasteiger partial charge in [0.25, 0.3) is 5.91 Å². The maximum Gasteiger partial charge on any atom is 0.322 e. The molecule has 6 unspecified atom stereocenters. The van der Waals surface area contributed by atoms with Gasteiger partial charge in [-0.05, 0) is 38.0 Å². The van der Waals surface area contributed by atoms with Gasteiger partial charge >= 0.3 is 17.9 Å². The number of nitrogens with one attached hydrogen (secondary N) is 7. The zero-order valence-corrected chi connectivity index (χ0v) is 33.2. The molecule has 59 heavy (non-hydrogen) atoms. The third kappa shape index (κ3) is 16.2. The zero-order chi connectivity index (χ0) is 44.4. The molecule has 23 heteroatoms. The van der Waals surface area contributed by atoms with Crippen LogP contribution in [0.1, 0.15) is 84.8 Å². The largest absolute Gasteiger partial charge is 0.481 e. The van der Waals surface area contributed by atoms with Crippen molar-refractivity contribution in [2.45, 2.75) is 122 Å². The molecule has 1 saturated heterocycles. The predicted molar refractivity (Wildman–Crippen MR) is 201 cm³/mol. The van der Waals surface area contributed by atoms with Crippen molar-refractivity contribution in [1.82, 2.24) is 46.8 Å². The van der Waals surface area contributed by atoms with E-state index in [1.165, 1.54) is 17.4 Å². The molecule has 0 spiro atoms. The normalized spacial score (nSPS) is 16.0. The number of likely N-dealkylation sites (tertiary alicyclic amines) is 1. The highest BCUT2D eigenvalue weighted by Crippen LogP contribution is 2.21. The Morgan fingerprint density at radius 1 is 0.780 bits per heavy atom. The minimum Gasteiger partial charge on any atom is -0.481 e. The number of carboxylic acid groups (broad SMARTS) is 3. The Kier molecular flexibility index (Phi) is 19.6. The Balaban J connectivity index is 2.33. The number of Topliss-reactive ketones (excluding diaryl/α,β-unsaturated/α-hetero) is 1. The summed E-state index contributed by atoms with van der Waals surface area (Å²) in [7, 11) is 0. The van der Waals surface area contributed by atoms with Crippen molar-refractivity contribution in [3.05, 3.63) is 18.2 Å². The smallest absolute Gasteiger partial charge is 0.322 e. The Bertz CT molecular complexity index is 1720. The van der Waals surface area contributed by atoms with Crippen molar-refractivity contribution in [3.63, 3.8) is 0 Å². The molecule has 1 fully saturated rings. The first kappa shape index (κ1) is 48.7. The summed E-state index contributed by atoms with van der Waals surface area (Å²) in [4.78, 5) is 147. The Morgan fingerprint density at radius 3 is 1.86 bits per heavy atom. The average Bonchev–Trinajstić information content (AvgIpc) is 3.87. The molecule has 1 aromatic heterocycles. The molecule has 326 valence electrons. The van der Waals surface area contributed by atoms with Crippen LogP contribution in [0.15, 0.2) is 12.5 Å². The molecular formula is C36H53N9O14. The quantitative estimate of drug-likeness (QED) is 0.0450. The molecule has 0 bridgehead atoms. The topological polar surface area (TPSA) is 353 Å². The number of aromatic amines is 1. The van der Waals surface area contributed by atoms with Crippen molar-refractivity contribution < 1.29 is 68.1 Å². The standard InChI is InChI=1S/C36H53N9O14/c1-5-7-21(30(53)35(58)38-16-28(51)52)41-34(57)25-8-6-13-45(25)36(59)29(18(2)3)44-33(56)24(14-20-15-37-17-39-20)43-32(55)23(10-12-27(49)50)42-31(54)22(40-19(4)46)9-11-26(47)48/h15,17-18,21-25,29H,5-14,16H2,1-4H3,(H,37,39)(H,38,58)(H,40,46)(H,41,57)(H,42,54)(H,43,55)(H,44,56)(H,47,48)(H,49,50)(H,51,52). The van der Waals surface area contributed by atoms with E-state index >= 15 is 0 Å². The first-order valence-electron chi connectivity index (χ1n) is 19.0. The van der Waals surface area contributed by atoms with E-state index in [9.17, 15) is 57.8 Å². The number of amides is 7. The van der Waals surface area contributed by atoms with Gasteiger partial charge in [0.1, 0.15) is 36.8 Å². The summed E-state index contributed by atoms with van der Waals surface area (Å²) in [5.41, 5.74) is 0.354. The van der Waals surface area contributed by atoms with E-state index in [4.69, 9.17) is 10.2 Å². The lowest BCUT2D eigenvalue weighted by Gasteiger charge is -2.32. The molecule has 1 aromatic rings. The lowest BCUT2D eigenvalue weighted by atomic mass is 10.0. The SMILES string of the molecule is CCCC(NC(=O)C1CCCN1C(=O)C(NC(=O)C(Cc1cnc[nH]1)NC(=O)C(CCC(=O)O)NC(=O)C(CCC(=O)O)NC(C)=O)C(C)C)C(=O)C(=O)NCC(=O)O. The molecule has 10 N–H and O–H groups in total. The van der Waals surface area contributed by atoms with Crippen LogP contribution in [0.5, 0.6) is 0 Å². The number of rotatable bonds is 25. The van der Waals surface area contributed by atoms with Crippen LogP contribution in [0.2, 0.25) is 0 Å². The van der Waals surface area contributed by atoms with E-state index in [1.807, 2.05) is 5.32 Å². The highest BCUT2D eigenvalue weighted by Gasteiger charge is 2.41. The fraction of sp³-hybridized carbons (Fsp3) is 0.611. The number of imidazole rings is 1. The Hall–Kier alpha value is -6.42. The summed E-state index contributed by atoms with van der Waals surface area (Å²) < 4.78 is 0. The van der Waals surface area contributed by atoms with Crippen molar-refractivity contribution in [2.75, 3.05) is 13.1 Å². The number of carboxylic acids is 3. The monoisotopic (exact) mass is 835 g/mol. The third-order valence-corrected chi connectivity index (χ3v) is 9.14. The fourth-order valence-electron chi connectivity index (χ4n) is 6.16. The van der Waals surface area contributed by atoms with E-state index in [1.54, 1.807) is 20.8 Å². The molecule has 7 amide bonds. The summed E-state index contributed by atoms with van der Waals surface area (Å²) in [5, 5.41) is 41.5. The van der Waals surface area contributed by atoms with E-state index < -0.39 is 133 Å². The number of carbonyl (C=O) groups excluding carboxylic acids is 8. The number of nitrogens with zero attached hydrogens (tertiary/aromatic N) is 2. The maximum atomic E-state index is 14.1. The molecule has 0 aromatic carbocycles. The molecule has 2 heterocycles. The van der Waals surface area contributed by atoms with Gasteiger partial charge in [-0.3, -0.25) is 52.7 Å². The molecule has 0 saturated carbocycles. The average molecular weight is 836 g/mol. The lowest BCUT2D eigenvalue weighted by molar-refractivity contribution is -0.145. The fourth-order valence-corrected chi connectivity index (χ4v) is 6.16. The molecule has 6 atom stereocenters. The summed E-state index contributed by atoms with van der Waals surface area (Å²) in [6.07, 6.45) is 1.43. The lowest BCUT2D eigenvalue weighted by Crippen LogP contribution is -2.60. The van der Waals surface area contributed by atoms with Gasteiger partial charge < -0.3 is 57.1 Å². The second kappa shape index (κ2) is 23.7. The van der Waals surface area contributed by atoms with Crippen LogP contribution in [0, 0.1) is 5.92 Å². The Morgan fingerprint density at radius 2 is 1.36 bits per heavy atom. The minimum atomic E-state index is -1.59. The van der Waals surface area contributed by atoms with Crippen molar-refractivity contribution >= 4 is 65.0 Å². The minimum absolute atomic E-state index is 0.0430. The molecule has 23 nitrogen and oxygen atoms in total. The van der Waals surface area contributed by atoms with Crippen LogP contribution in [0.3, 0.4) is 0 Å². The molecule has 0 aliphatic carbocycles. The van der Waals surface area contributed by atoms with Crippen LogP contribution < -0.4 is 31.9 Å². The van der Waals surface area contributed by atoms with E-state index in [0.717, 1.165) is 6.92 Å². The van der Waals surface area contributed by atoms with Gasteiger partial charge in [0.2, 0.25) is 41.2 Å². The molecule has 2 rings (SSSR count). The first-order chi connectivity index (χ1) is 27.7. The number of H-pyrrole nitrogens is 1. The second-order valence-corrected chi connectivity index (χ2v) is 14.2. The van der Waals surface area contributed by atoms with Gasteiger partial charge in [-0.15, -0.1) is 0 Å². The molecule has 1 aliphatic rings. The van der Waals surface area contributed by atoms with Gasteiger partial charge in [-0.1, -0.05) is 27.2 Å². The maximum absolute atomic E-state index is 14.1. The summed E-state index contributed by atoms with van der Waals surface area (Å²) in [5.74, 6) is -11.8. The number of carbonyl (C=O) groups is 11. The number of aliphatic carboxylic acids is 3. The second-order valence-electron chi connectivity index (χ2n) is 14.2. The van der Waals surface area contributed by atoms with Crippen LogP contribution in [0.25, 0.3) is 0 Å².